The summed E-state index contributed by atoms with van der Waals surface area (Å²) in [4.78, 5) is 20.3. The number of ether oxygens (including phenoxy) is 1. The third-order valence-electron chi connectivity index (χ3n) is 3.97. The molecule has 29 heavy (non-hydrogen) atoms. The van der Waals surface area contributed by atoms with E-state index in [1.165, 1.54) is 12.1 Å². The maximum Gasteiger partial charge on any atom is 0.306 e. The van der Waals surface area contributed by atoms with Crippen LogP contribution in [0.15, 0.2) is 63.6 Å². The first kappa shape index (κ1) is 18.5. The molecule has 2 aromatic heterocycles. The molecule has 0 amide bonds. The lowest BCUT2D eigenvalue weighted by Crippen LogP contribution is -2.06. The smallest absolute Gasteiger partial charge is 0.306 e. The highest BCUT2D eigenvalue weighted by atomic mass is 19.1. The van der Waals surface area contributed by atoms with Crippen molar-refractivity contribution in [2.75, 3.05) is 0 Å². The van der Waals surface area contributed by atoms with Crippen molar-refractivity contribution in [3.63, 3.8) is 0 Å². The summed E-state index contributed by atoms with van der Waals surface area (Å²) in [6.45, 7) is -0.122. The summed E-state index contributed by atoms with van der Waals surface area (Å²) in [5, 5.41) is 7.69. The number of aromatic nitrogens is 4. The Hall–Kier alpha value is -3.88. The highest BCUT2D eigenvalue weighted by Crippen LogP contribution is 2.17. The normalized spacial score (nSPS) is 10.8. The van der Waals surface area contributed by atoms with E-state index in [2.05, 4.69) is 20.3 Å². The molecule has 146 valence electrons. The summed E-state index contributed by atoms with van der Waals surface area (Å²) in [6.07, 6.45) is 0.261. The van der Waals surface area contributed by atoms with Crippen LogP contribution in [0.1, 0.15) is 18.2 Å². The minimum absolute atomic E-state index is 0.0464. The number of rotatable bonds is 7. The van der Waals surface area contributed by atoms with Crippen LogP contribution in [0.4, 0.5) is 4.39 Å². The van der Waals surface area contributed by atoms with Gasteiger partial charge in [-0.1, -0.05) is 40.6 Å². The van der Waals surface area contributed by atoms with Gasteiger partial charge in [-0.15, -0.1) is 0 Å². The van der Waals surface area contributed by atoms with Crippen LogP contribution < -0.4 is 0 Å². The van der Waals surface area contributed by atoms with Gasteiger partial charge in [-0.25, -0.2) is 4.39 Å². The quantitative estimate of drug-likeness (QED) is 0.438. The standard InChI is InChI=1S/C20H15FN4O4/c21-15-8-6-14(7-9-15)20-22-16(28-24-20)10-11-18(26)27-12-17-23-19(25-29-17)13-4-2-1-3-5-13/h1-9H,10-12H2. The van der Waals surface area contributed by atoms with Crippen LogP contribution in [0, 0.1) is 5.82 Å². The summed E-state index contributed by atoms with van der Waals surface area (Å²) in [5.41, 5.74) is 1.43. The Morgan fingerprint density at radius 1 is 0.862 bits per heavy atom. The van der Waals surface area contributed by atoms with E-state index in [0.29, 0.717) is 17.2 Å². The number of benzene rings is 2. The molecule has 0 bridgehead atoms. The monoisotopic (exact) mass is 394 g/mol. The van der Waals surface area contributed by atoms with Gasteiger partial charge in [0.2, 0.25) is 17.5 Å². The number of hydrogen-bond donors (Lipinski definition) is 0. The van der Waals surface area contributed by atoms with Crippen molar-refractivity contribution >= 4 is 5.97 Å². The molecular weight excluding hydrogens is 379 g/mol. The van der Waals surface area contributed by atoms with Crippen LogP contribution in [0.5, 0.6) is 0 Å². The van der Waals surface area contributed by atoms with Gasteiger partial charge in [0, 0.05) is 17.5 Å². The van der Waals surface area contributed by atoms with E-state index >= 15 is 0 Å². The highest BCUT2D eigenvalue weighted by Gasteiger charge is 2.14. The van der Waals surface area contributed by atoms with Crippen LogP contribution in [0.25, 0.3) is 22.8 Å². The Balaban J connectivity index is 1.27. The van der Waals surface area contributed by atoms with Crippen molar-refractivity contribution in [1.29, 1.82) is 0 Å². The summed E-state index contributed by atoms with van der Waals surface area (Å²) in [5.74, 6) is 0.422. The molecule has 0 unspecified atom stereocenters. The molecule has 0 fully saturated rings. The zero-order valence-electron chi connectivity index (χ0n) is 15.1. The molecular formula is C20H15FN4O4. The number of halogens is 1. The van der Waals surface area contributed by atoms with Crippen LogP contribution in [-0.4, -0.2) is 26.3 Å². The maximum atomic E-state index is 13.0. The zero-order valence-corrected chi connectivity index (χ0v) is 15.1. The van der Waals surface area contributed by atoms with Gasteiger partial charge < -0.3 is 13.8 Å². The average molecular weight is 394 g/mol. The fraction of sp³-hybridized carbons (Fsp3) is 0.150. The van der Waals surface area contributed by atoms with Crippen molar-refractivity contribution < 1.29 is 23.0 Å². The Kier molecular flexibility index (Phi) is 5.37. The molecule has 0 aliphatic heterocycles. The van der Waals surface area contributed by atoms with Crippen molar-refractivity contribution in [2.24, 2.45) is 0 Å². The molecule has 0 aliphatic rings. The summed E-state index contributed by atoms with van der Waals surface area (Å²) in [6, 6.07) is 15.0. The van der Waals surface area contributed by atoms with Crippen LogP contribution in [-0.2, 0) is 22.6 Å². The van der Waals surface area contributed by atoms with Gasteiger partial charge in [0.25, 0.3) is 5.89 Å². The zero-order chi connectivity index (χ0) is 20.1. The molecule has 2 heterocycles. The average Bonchev–Trinajstić information content (AvgIpc) is 3.42. The second kappa shape index (κ2) is 8.42. The number of hydrogen-bond acceptors (Lipinski definition) is 8. The first-order valence-electron chi connectivity index (χ1n) is 8.79. The fourth-order valence-corrected chi connectivity index (χ4v) is 2.51. The second-order valence-electron chi connectivity index (χ2n) is 6.06. The van der Waals surface area contributed by atoms with E-state index in [9.17, 15) is 9.18 Å². The largest absolute Gasteiger partial charge is 0.456 e. The number of nitrogens with zero attached hydrogens (tertiary/aromatic N) is 4. The molecule has 9 heteroatoms. The van der Waals surface area contributed by atoms with E-state index in [0.717, 1.165) is 5.56 Å². The number of esters is 1. The molecule has 8 nitrogen and oxygen atoms in total. The molecule has 4 aromatic rings. The van der Waals surface area contributed by atoms with Gasteiger partial charge in [0.15, 0.2) is 6.61 Å². The van der Waals surface area contributed by atoms with Gasteiger partial charge in [0.05, 0.1) is 6.42 Å². The number of aryl methyl sites for hydroxylation is 1. The van der Waals surface area contributed by atoms with Crippen LogP contribution in [0.3, 0.4) is 0 Å². The fourth-order valence-electron chi connectivity index (χ4n) is 2.51. The number of carbonyl (C=O) groups is 1. The van der Waals surface area contributed by atoms with Gasteiger partial charge in [0.1, 0.15) is 5.82 Å². The third-order valence-corrected chi connectivity index (χ3v) is 3.97. The van der Waals surface area contributed by atoms with Gasteiger partial charge in [-0.2, -0.15) is 9.97 Å². The predicted molar refractivity (Wildman–Crippen MR) is 97.5 cm³/mol. The van der Waals surface area contributed by atoms with E-state index < -0.39 is 5.97 Å². The first-order chi connectivity index (χ1) is 14.2. The van der Waals surface area contributed by atoms with E-state index in [1.807, 2.05) is 30.3 Å². The minimum Gasteiger partial charge on any atom is -0.456 e. The molecule has 0 radical (unpaired) electrons. The summed E-state index contributed by atoms with van der Waals surface area (Å²) < 4.78 is 28.3. The highest BCUT2D eigenvalue weighted by molar-refractivity contribution is 5.69. The molecule has 0 saturated carbocycles. The Bertz CT molecular complexity index is 1090. The SMILES string of the molecule is O=C(CCc1nc(-c2ccc(F)cc2)no1)OCc1nc(-c2ccccc2)no1. The van der Waals surface area contributed by atoms with Gasteiger partial charge >= 0.3 is 5.97 Å². The van der Waals surface area contributed by atoms with Crippen molar-refractivity contribution in [3.8, 4) is 22.8 Å². The van der Waals surface area contributed by atoms with Crippen molar-refractivity contribution in [2.45, 2.75) is 19.4 Å². The second-order valence-corrected chi connectivity index (χ2v) is 6.06. The molecule has 0 saturated heterocycles. The topological polar surface area (TPSA) is 104 Å². The summed E-state index contributed by atoms with van der Waals surface area (Å²) >= 11 is 0. The molecule has 0 atom stereocenters. The van der Waals surface area contributed by atoms with Crippen LogP contribution >= 0.6 is 0 Å². The Morgan fingerprint density at radius 3 is 2.21 bits per heavy atom. The molecule has 4 rings (SSSR count). The summed E-state index contributed by atoms with van der Waals surface area (Å²) in [7, 11) is 0. The lowest BCUT2D eigenvalue weighted by molar-refractivity contribution is -0.145. The van der Waals surface area contributed by atoms with Crippen molar-refractivity contribution in [3.05, 3.63) is 72.2 Å². The molecule has 2 aromatic carbocycles. The molecule has 0 aliphatic carbocycles. The Morgan fingerprint density at radius 2 is 1.48 bits per heavy atom. The molecule has 0 spiro atoms. The Labute approximate surface area is 164 Å². The molecule has 0 N–H and O–H groups in total. The van der Waals surface area contributed by atoms with E-state index in [1.54, 1.807) is 12.1 Å². The third kappa shape index (κ3) is 4.70. The predicted octanol–water partition coefficient (Wildman–Crippen LogP) is 3.60. The van der Waals surface area contributed by atoms with E-state index in [-0.39, 0.29) is 37.0 Å². The lowest BCUT2D eigenvalue weighted by Gasteiger charge is -1.99. The minimum atomic E-state index is -0.467. The van der Waals surface area contributed by atoms with Gasteiger partial charge in [-0.05, 0) is 24.3 Å². The maximum absolute atomic E-state index is 13.0. The number of carbonyl (C=O) groups excluding carboxylic acids is 1. The first-order valence-corrected chi connectivity index (χ1v) is 8.79. The van der Waals surface area contributed by atoms with Gasteiger partial charge in [-0.3, -0.25) is 4.79 Å². The van der Waals surface area contributed by atoms with Crippen molar-refractivity contribution in [1.82, 2.24) is 20.3 Å². The lowest BCUT2D eigenvalue weighted by atomic mass is 10.2. The van der Waals surface area contributed by atoms with E-state index in [4.69, 9.17) is 13.8 Å². The van der Waals surface area contributed by atoms with Crippen LogP contribution in [0.2, 0.25) is 0 Å².